The number of ether oxygens (including phenoxy) is 1. The zero-order chi connectivity index (χ0) is 9.40. The minimum Gasteiger partial charge on any atom is -0.450 e. The standard InChI is InChI=1S/C8H15NO3/c1-3-6-12-8(11)9-5-4-7(2)10/h3-6H2,1-2H3,(H,9,11). The molecule has 0 spiro atoms. The number of rotatable bonds is 5. The number of hydrogen-bond acceptors (Lipinski definition) is 3. The molecule has 0 aromatic carbocycles. The molecule has 0 saturated carbocycles. The molecule has 0 radical (unpaired) electrons. The Morgan fingerprint density at radius 3 is 2.58 bits per heavy atom. The van der Waals surface area contributed by atoms with Crippen LogP contribution in [0, 0.1) is 0 Å². The highest BCUT2D eigenvalue weighted by Crippen LogP contribution is 1.83. The van der Waals surface area contributed by atoms with E-state index in [-0.39, 0.29) is 5.78 Å². The maximum atomic E-state index is 10.7. The number of Topliss-reactive ketones (excluding diaryl/α,β-unsaturated/α-hetero) is 1. The summed E-state index contributed by atoms with van der Waals surface area (Å²) in [6.07, 6.45) is 0.722. The van der Waals surface area contributed by atoms with Crippen molar-refractivity contribution in [1.82, 2.24) is 5.32 Å². The first-order valence-electron chi connectivity index (χ1n) is 4.07. The van der Waals surface area contributed by atoms with Crippen molar-refractivity contribution in [3.05, 3.63) is 0 Å². The van der Waals surface area contributed by atoms with E-state index >= 15 is 0 Å². The maximum Gasteiger partial charge on any atom is 0.407 e. The molecule has 0 aromatic rings. The smallest absolute Gasteiger partial charge is 0.407 e. The Morgan fingerprint density at radius 1 is 1.42 bits per heavy atom. The number of amides is 1. The summed E-state index contributed by atoms with van der Waals surface area (Å²) in [5.74, 6) is 0.0609. The Bertz CT molecular complexity index is 156. The van der Waals surface area contributed by atoms with Gasteiger partial charge in [-0.15, -0.1) is 0 Å². The van der Waals surface area contributed by atoms with Crippen LogP contribution in [-0.4, -0.2) is 25.0 Å². The first-order valence-corrected chi connectivity index (χ1v) is 4.07. The van der Waals surface area contributed by atoms with Gasteiger partial charge in [0.05, 0.1) is 6.61 Å². The van der Waals surface area contributed by atoms with Crippen LogP contribution < -0.4 is 5.32 Å². The lowest BCUT2D eigenvalue weighted by Gasteiger charge is -2.03. The van der Waals surface area contributed by atoms with E-state index in [0.29, 0.717) is 19.6 Å². The zero-order valence-electron chi connectivity index (χ0n) is 7.55. The summed E-state index contributed by atoms with van der Waals surface area (Å²) in [6, 6.07) is 0. The van der Waals surface area contributed by atoms with Gasteiger partial charge < -0.3 is 10.1 Å². The van der Waals surface area contributed by atoms with E-state index in [2.05, 4.69) is 5.32 Å². The molecule has 0 aliphatic rings. The monoisotopic (exact) mass is 173 g/mol. The fraction of sp³-hybridized carbons (Fsp3) is 0.750. The molecule has 4 nitrogen and oxygen atoms in total. The molecule has 0 aromatic heterocycles. The van der Waals surface area contributed by atoms with Crippen molar-refractivity contribution in [2.45, 2.75) is 26.7 Å². The molecule has 0 saturated heterocycles. The molecule has 1 N–H and O–H groups in total. The van der Waals surface area contributed by atoms with Crippen molar-refractivity contribution >= 4 is 11.9 Å². The van der Waals surface area contributed by atoms with Crippen LogP contribution >= 0.6 is 0 Å². The Hall–Kier alpha value is -1.06. The molecule has 4 heteroatoms. The highest BCUT2D eigenvalue weighted by atomic mass is 16.5. The second kappa shape index (κ2) is 6.64. The van der Waals surface area contributed by atoms with Crippen LogP contribution in [0.1, 0.15) is 26.7 Å². The summed E-state index contributed by atoms with van der Waals surface area (Å²) in [7, 11) is 0. The number of alkyl carbamates (subject to hydrolysis) is 1. The predicted octanol–water partition coefficient (Wildman–Crippen LogP) is 1.10. The first kappa shape index (κ1) is 10.9. The Kier molecular flexibility index (Phi) is 6.05. The fourth-order valence-corrected chi connectivity index (χ4v) is 0.586. The van der Waals surface area contributed by atoms with Crippen LogP contribution in [0.5, 0.6) is 0 Å². The lowest BCUT2D eigenvalue weighted by molar-refractivity contribution is -0.116. The Labute approximate surface area is 72.3 Å². The third-order valence-electron chi connectivity index (χ3n) is 1.18. The van der Waals surface area contributed by atoms with Crippen LogP contribution in [0.2, 0.25) is 0 Å². The van der Waals surface area contributed by atoms with Gasteiger partial charge >= 0.3 is 6.09 Å². The SMILES string of the molecule is CCCOC(=O)NCCC(C)=O. The molecule has 0 aliphatic carbocycles. The number of ketones is 1. The number of carbonyl (C=O) groups is 2. The van der Waals surface area contributed by atoms with E-state index in [1.807, 2.05) is 6.92 Å². The van der Waals surface area contributed by atoms with Crippen molar-refractivity contribution in [3.8, 4) is 0 Å². The Balaban J connectivity index is 3.25. The zero-order valence-corrected chi connectivity index (χ0v) is 7.55. The second-order valence-corrected chi connectivity index (χ2v) is 2.51. The van der Waals surface area contributed by atoms with E-state index in [4.69, 9.17) is 4.74 Å². The number of nitrogens with one attached hydrogen (secondary N) is 1. The summed E-state index contributed by atoms with van der Waals surface area (Å²) >= 11 is 0. The minimum atomic E-state index is -0.446. The van der Waals surface area contributed by atoms with Gasteiger partial charge in [-0.25, -0.2) is 4.79 Å². The lowest BCUT2D eigenvalue weighted by atomic mass is 10.3. The lowest BCUT2D eigenvalue weighted by Crippen LogP contribution is -2.26. The minimum absolute atomic E-state index is 0.0609. The molecule has 0 fully saturated rings. The predicted molar refractivity (Wildman–Crippen MR) is 44.9 cm³/mol. The summed E-state index contributed by atoms with van der Waals surface area (Å²) in [4.78, 5) is 21.2. The van der Waals surface area contributed by atoms with Crippen molar-refractivity contribution in [1.29, 1.82) is 0 Å². The van der Waals surface area contributed by atoms with Crippen LogP contribution in [0.3, 0.4) is 0 Å². The molecule has 0 bridgehead atoms. The number of hydrogen-bond donors (Lipinski definition) is 1. The third kappa shape index (κ3) is 7.05. The average Bonchev–Trinajstić information content (AvgIpc) is 2.00. The van der Waals surface area contributed by atoms with Crippen LogP contribution in [-0.2, 0) is 9.53 Å². The highest BCUT2D eigenvalue weighted by Gasteiger charge is 1.99. The molecule has 1 amide bonds. The fourth-order valence-electron chi connectivity index (χ4n) is 0.586. The van der Waals surface area contributed by atoms with Gasteiger partial charge in [-0.1, -0.05) is 6.92 Å². The molecule has 0 rings (SSSR count). The summed E-state index contributed by atoms with van der Waals surface area (Å²) in [5.41, 5.74) is 0. The van der Waals surface area contributed by atoms with Gasteiger partial charge in [0.2, 0.25) is 0 Å². The summed E-state index contributed by atoms with van der Waals surface area (Å²) in [5, 5.41) is 2.47. The van der Waals surface area contributed by atoms with Gasteiger partial charge in [0.25, 0.3) is 0 Å². The van der Waals surface area contributed by atoms with Crippen LogP contribution in [0.15, 0.2) is 0 Å². The van der Waals surface area contributed by atoms with E-state index in [9.17, 15) is 9.59 Å². The molecular weight excluding hydrogens is 158 g/mol. The van der Waals surface area contributed by atoms with Gasteiger partial charge in [0.1, 0.15) is 5.78 Å². The van der Waals surface area contributed by atoms with Crippen molar-refractivity contribution in [3.63, 3.8) is 0 Å². The van der Waals surface area contributed by atoms with Gasteiger partial charge in [0.15, 0.2) is 0 Å². The molecule has 12 heavy (non-hydrogen) atoms. The molecule has 0 atom stereocenters. The van der Waals surface area contributed by atoms with Crippen molar-refractivity contribution in [2.75, 3.05) is 13.2 Å². The topological polar surface area (TPSA) is 55.4 Å². The maximum absolute atomic E-state index is 10.7. The highest BCUT2D eigenvalue weighted by molar-refractivity contribution is 5.76. The van der Waals surface area contributed by atoms with E-state index in [0.717, 1.165) is 6.42 Å². The van der Waals surface area contributed by atoms with Crippen LogP contribution in [0.4, 0.5) is 4.79 Å². The van der Waals surface area contributed by atoms with Crippen LogP contribution in [0.25, 0.3) is 0 Å². The second-order valence-electron chi connectivity index (χ2n) is 2.51. The van der Waals surface area contributed by atoms with Gasteiger partial charge in [-0.3, -0.25) is 4.79 Å². The van der Waals surface area contributed by atoms with Gasteiger partial charge in [-0.2, -0.15) is 0 Å². The summed E-state index contributed by atoms with van der Waals surface area (Å²) < 4.78 is 4.71. The van der Waals surface area contributed by atoms with E-state index in [1.54, 1.807) is 0 Å². The first-order chi connectivity index (χ1) is 5.66. The van der Waals surface area contributed by atoms with E-state index < -0.39 is 6.09 Å². The number of carbonyl (C=O) groups excluding carboxylic acids is 2. The largest absolute Gasteiger partial charge is 0.450 e. The van der Waals surface area contributed by atoms with Gasteiger partial charge in [0, 0.05) is 13.0 Å². The van der Waals surface area contributed by atoms with Crippen molar-refractivity contribution < 1.29 is 14.3 Å². The molecule has 0 aliphatic heterocycles. The Morgan fingerprint density at radius 2 is 2.08 bits per heavy atom. The van der Waals surface area contributed by atoms with Crippen molar-refractivity contribution in [2.24, 2.45) is 0 Å². The third-order valence-corrected chi connectivity index (χ3v) is 1.18. The molecular formula is C8H15NO3. The average molecular weight is 173 g/mol. The van der Waals surface area contributed by atoms with E-state index in [1.165, 1.54) is 6.92 Å². The summed E-state index contributed by atoms with van der Waals surface area (Å²) in [6.45, 7) is 4.19. The molecule has 0 unspecified atom stereocenters. The quantitative estimate of drug-likeness (QED) is 0.677. The van der Waals surface area contributed by atoms with Gasteiger partial charge in [-0.05, 0) is 13.3 Å². The molecule has 70 valence electrons. The molecule has 0 heterocycles. The normalized spacial score (nSPS) is 9.17.